The molecule has 2 aliphatic carbocycles. The summed E-state index contributed by atoms with van der Waals surface area (Å²) in [6, 6.07) is 0.0385. The van der Waals surface area contributed by atoms with Gasteiger partial charge in [0.2, 0.25) is 0 Å². The molecule has 98 valence electrons. The molecule has 2 atom stereocenters. The molecule has 0 aromatic carbocycles. The lowest BCUT2D eigenvalue weighted by molar-refractivity contribution is -0.150. The zero-order valence-electron chi connectivity index (χ0n) is 10.7. The molecule has 0 amide bonds. The molecule has 3 heteroatoms. The zero-order chi connectivity index (χ0) is 12.1. The van der Waals surface area contributed by atoms with E-state index in [1.165, 1.54) is 38.5 Å². The molecule has 2 rings (SSSR count). The van der Waals surface area contributed by atoms with Crippen LogP contribution in [0.2, 0.25) is 0 Å². The Morgan fingerprint density at radius 2 is 1.71 bits per heavy atom. The van der Waals surface area contributed by atoms with Gasteiger partial charge in [-0.05, 0) is 31.6 Å². The molecule has 0 aromatic rings. The predicted octanol–water partition coefficient (Wildman–Crippen LogP) is 2.63. The number of hydrogen-bond donors (Lipinski definition) is 1. The normalized spacial score (nSPS) is 31.1. The van der Waals surface area contributed by atoms with Gasteiger partial charge in [0.05, 0.1) is 12.5 Å². The Bertz CT molecular complexity index is 247. The zero-order valence-corrected chi connectivity index (χ0v) is 10.7. The summed E-state index contributed by atoms with van der Waals surface area (Å²) in [4.78, 5) is 11.9. The van der Waals surface area contributed by atoms with Crippen LogP contribution in [-0.4, -0.2) is 18.6 Å². The van der Waals surface area contributed by atoms with Crippen molar-refractivity contribution >= 4 is 5.97 Å². The third-order valence-electron chi connectivity index (χ3n) is 4.31. The first kappa shape index (κ1) is 12.9. The number of carbonyl (C=O) groups excluding carboxylic acids is 1. The van der Waals surface area contributed by atoms with Gasteiger partial charge in [-0.25, -0.2) is 0 Å². The Labute approximate surface area is 104 Å². The van der Waals surface area contributed by atoms with Crippen LogP contribution in [0, 0.1) is 11.8 Å². The van der Waals surface area contributed by atoms with Gasteiger partial charge >= 0.3 is 5.97 Å². The summed E-state index contributed by atoms with van der Waals surface area (Å²) in [5.41, 5.74) is 5.91. The van der Waals surface area contributed by atoms with Gasteiger partial charge in [0.15, 0.2) is 0 Å². The van der Waals surface area contributed by atoms with Crippen molar-refractivity contribution in [3.05, 3.63) is 0 Å². The molecule has 2 saturated carbocycles. The number of nitrogens with two attached hydrogens (primary N) is 1. The molecule has 2 unspecified atom stereocenters. The van der Waals surface area contributed by atoms with Crippen molar-refractivity contribution < 1.29 is 9.53 Å². The Hall–Kier alpha value is -0.570. The van der Waals surface area contributed by atoms with Crippen LogP contribution in [0.25, 0.3) is 0 Å². The first-order valence-corrected chi connectivity index (χ1v) is 7.19. The second-order valence-corrected chi connectivity index (χ2v) is 5.69. The monoisotopic (exact) mass is 239 g/mol. The van der Waals surface area contributed by atoms with Gasteiger partial charge in [0.25, 0.3) is 0 Å². The summed E-state index contributed by atoms with van der Waals surface area (Å²) in [6.45, 7) is 0.627. The van der Waals surface area contributed by atoms with Crippen LogP contribution in [0.3, 0.4) is 0 Å². The van der Waals surface area contributed by atoms with Crippen LogP contribution in [0.1, 0.15) is 57.8 Å². The maximum absolute atomic E-state index is 11.9. The molecule has 0 bridgehead atoms. The third kappa shape index (κ3) is 3.70. The van der Waals surface area contributed by atoms with Gasteiger partial charge in [0.1, 0.15) is 0 Å². The molecular formula is C14H25NO2. The number of hydrogen-bond acceptors (Lipinski definition) is 3. The highest BCUT2D eigenvalue weighted by Gasteiger charge is 2.31. The van der Waals surface area contributed by atoms with E-state index in [2.05, 4.69) is 0 Å². The molecule has 0 aromatic heterocycles. The van der Waals surface area contributed by atoms with Gasteiger partial charge in [-0.15, -0.1) is 0 Å². The topological polar surface area (TPSA) is 52.3 Å². The Morgan fingerprint density at radius 3 is 2.29 bits per heavy atom. The van der Waals surface area contributed by atoms with E-state index in [1.54, 1.807) is 0 Å². The SMILES string of the molecule is NC1CCCC1C(=O)OCC1CCCCCC1. The minimum absolute atomic E-state index is 0.0271. The molecule has 0 radical (unpaired) electrons. The van der Waals surface area contributed by atoms with E-state index in [1.807, 2.05) is 0 Å². The van der Waals surface area contributed by atoms with E-state index in [4.69, 9.17) is 10.5 Å². The molecule has 2 N–H and O–H groups in total. The summed E-state index contributed by atoms with van der Waals surface area (Å²) in [6.07, 6.45) is 10.7. The molecule has 0 spiro atoms. The quantitative estimate of drug-likeness (QED) is 0.608. The summed E-state index contributed by atoms with van der Waals surface area (Å²) in [7, 11) is 0. The number of rotatable bonds is 3. The molecule has 2 aliphatic rings. The maximum atomic E-state index is 11.9. The lowest BCUT2D eigenvalue weighted by Crippen LogP contribution is -2.32. The Balaban J connectivity index is 1.71. The van der Waals surface area contributed by atoms with Gasteiger partial charge in [-0.3, -0.25) is 4.79 Å². The largest absolute Gasteiger partial charge is 0.465 e. The molecule has 0 aliphatic heterocycles. The highest BCUT2D eigenvalue weighted by Crippen LogP contribution is 2.27. The van der Waals surface area contributed by atoms with E-state index in [9.17, 15) is 4.79 Å². The Kier molecular flexibility index (Phi) is 4.84. The van der Waals surface area contributed by atoms with Crippen molar-refractivity contribution in [1.29, 1.82) is 0 Å². The molecule has 17 heavy (non-hydrogen) atoms. The van der Waals surface area contributed by atoms with Crippen molar-refractivity contribution in [2.24, 2.45) is 17.6 Å². The highest BCUT2D eigenvalue weighted by atomic mass is 16.5. The van der Waals surface area contributed by atoms with Gasteiger partial charge in [-0.1, -0.05) is 32.1 Å². The molecule has 0 saturated heterocycles. The van der Waals surface area contributed by atoms with E-state index >= 15 is 0 Å². The predicted molar refractivity (Wildman–Crippen MR) is 67.5 cm³/mol. The lowest BCUT2D eigenvalue weighted by atomic mass is 10.0. The standard InChI is InChI=1S/C14H25NO2/c15-13-9-5-8-12(13)14(16)17-10-11-6-3-1-2-4-7-11/h11-13H,1-10,15H2. The third-order valence-corrected chi connectivity index (χ3v) is 4.31. The number of carbonyl (C=O) groups is 1. The number of ether oxygens (including phenoxy) is 1. The second-order valence-electron chi connectivity index (χ2n) is 5.69. The Morgan fingerprint density at radius 1 is 1.00 bits per heavy atom. The molecular weight excluding hydrogens is 214 g/mol. The average Bonchev–Trinajstić information content (AvgIpc) is 2.61. The van der Waals surface area contributed by atoms with Crippen molar-refractivity contribution in [3.8, 4) is 0 Å². The summed E-state index contributed by atoms with van der Waals surface area (Å²) in [5.74, 6) is 0.527. The van der Waals surface area contributed by atoms with E-state index in [0.29, 0.717) is 12.5 Å². The van der Waals surface area contributed by atoms with Crippen molar-refractivity contribution in [2.75, 3.05) is 6.61 Å². The van der Waals surface area contributed by atoms with Crippen LogP contribution in [0.15, 0.2) is 0 Å². The van der Waals surface area contributed by atoms with Crippen LogP contribution < -0.4 is 5.73 Å². The number of esters is 1. The first-order chi connectivity index (χ1) is 8.27. The smallest absolute Gasteiger partial charge is 0.310 e. The van der Waals surface area contributed by atoms with Gasteiger partial charge < -0.3 is 10.5 Å². The molecule has 2 fully saturated rings. The fourth-order valence-corrected chi connectivity index (χ4v) is 3.12. The lowest BCUT2D eigenvalue weighted by Gasteiger charge is -2.18. The van der Waals surface area contributed by atoms with Gasteiger partial charge in [-0.2, -0.15) is 0 Å². The minimum Gasteiger partial charge on any atom is -0.465 e. The first-order valence-electron chi connectivity index (χ1n) is 7.19. The van der Waals surface area contributed by atoms with Gasteiger partial charge in [0, 0.05) is 6.04 Å². The summed E-state index contributed by atoms with van der Waals surface area (Å²) < 4.78 is 5.47. The molecule has 3 nitrogen and oxygen atoms in total. The van der Waals surface area contributed by atoms with Crippen LogP contribution in [-0.2, 0) is 9.53 Å². The van der Waals surface area contributed by atoms with Crippen LogP contribution >= 0.6 is 0 Å². The van der Waals surface area contributed by atoms with Crippen molar-refractivity contribution in [1.82, 2.24) is 0 Å². The minimum atomic E-state index is -0.0424. The van der Waals surface area contributed by atoms with Crippen molar-refractivity contribution in [3.63, 3.8) is 0 Å². The van der Waals surface area contributed by atoms with Crippen LogP contribution in [0.4, 0.5) is 0 Å². The fraction of sp³-hybridized carbons (Fsp3) is 0.929. The van der Waals surface area contributed by atoms with E-state index < -0.39 is 0 Å². The maximum Gasteiger partial charge on any atom is 0.310 e. The van der Waals surface area contributed by atoms with Crippen molar-refractivity contribution in [2.45, 2.75) is 63.8 Å². The highest BCUT2D eigenvalue weighted by molar-refractivity contribution is 5.73. The average molecular weight is 239 g/mol. The second kappa shape index (κ2) is 6.39. The van der Waals surface area contributed by atoms with E-state index in [-0.39, 0.29) is 17.9 Å². The van der Waals surface area contributed by atoms with Crippen LogP contribution in [0.5, 0.6) is 0 Å². The summed E-state index contributed by atoms with van der Waals surface area (Å²) >= 11 is 0. The fourth-order valence-electron chi connectivity index (χ4n) is 3.12. The molecule has 0 heterocycles. The summed E-state index contributed by atoms with van der Waals surface area (Å²) in [5, 5.41) is 0. The van der Waals surface area contributed by atoms with E-state index in [0.717, 1.165) is 19.3 Å².